The van der Waals surface area contributed by atoms with Crippen molar-refractivity contribution in [2.75, 3.05) is 12.8 Å². The van der Waals surface area contributed by atoms with E-state index in [0.717, 1.165) is 39.4 Å². The van der Waals surface area contributed by atoms with Gasteiger partial charge in [-0.1, -0.05) is 0 Å². The van der Waals surface area contributed by atoms with Crippen molar-refractivity contribution in [3.8, 4) is 22.6 Å². The molecule has 0 amide bonds. The molecule has 0 saturated carbocycles. The molecule has 0 saturated heterocycles. The summed E-state index contributed by atoms with van der Waals surface area (Å²) in [5.41, 5.74) is 12.1. The monoisotopic (exact) mass is 283 g/mol. The summed E-state index contributed by atoms with van der Waals surface area (Å²) in [6, 6.07) is 8.28. The van der Waals surface area contributed by atoms with E-state index in [1.807, 2.05) is 26.0 Å². The van der Waals surface area contributed by atoms with Gasteiger partial charge in [0.1, 0.15) is 17.1 Å². The van der Waals surface area contributed by atoms with E-state index in [9.17, 15) is 0 Å². The van der Waals surface area contributed by atoms with Crippen LogP contribution in [-0.4, -0.2) is 7.11 Å². The van der Waals surface area contributed by atoms with E-state index in [1.165, 1.54) is 5.56 Å². The lowest BCUT2D eigenvalue weighted by Gasteiger charge is -2.36. The number of rotatable bonds is 1. The Balaban J connectivity index is 2.32. The first-order chi connectivity index (χ1) is 9.83. The van der Waals surface area contributed by atoms with E-state index in [1.54, 1.807) is 7.11 Å². The van der Waals surface area contributed by atoms with Crippen LogP contribution in [0.3, 0.4) is 0 Å². The summed E-state index contributed by atoms with van der Waals surface area (Å²) in [4.78, 5) is 0. The summed E-state index contributed by atoms with van der Waals surface area (Å²) in [5, 5.41) is 0. The fourth-order valence-electron chi connectivity index (χ4n) is 2.96. The molecule has 0 atom stereocenters. The van der Waals surface area contributed by atoms with Crippen LogP contribution in [0.2, 0.25) is 0 Å². The molecule has 2 aromatic rings. The molecule has 2 aromatic carbocycles. The number of anilines is 1. The van der Waals surface area contributed by atoms with Gasteiger partial charge in [0, 0.05) is 22.9 Å². The van der Waals surface area contributed by atoms with Crippen molar-refractivity contribution in [2.45, 2.75) is 33.3 Å². The molecule has 3 rings (SSSR count). The summed E-state index contributed by atoms with van der Waals surface area (Å²) in [6.45, 7) is 8.21. The van der Waals surface area contributed by atoms with Crippen LogP contribution < -0.4 is 15.2 Å². The number of benzene rings is 2. The minimum absolute atomic E-state index is 0.412. The van der Waals surface area contributed by atoms with Gasteiger partial charge in [0.05, 0.1) is 7.11 Å². The molecule has 3 heteroatoms. The average Bonchev–Trinajstić information content (AvgIpc) is 2.41. The fourth-order valence-corrected chi connectivity index (χ4v) is 2.96. The van der Waals surface area contributed by atoms with Crippen molar-refractivity contribution in [3.63, 3.8) is 0 Å². The van der Waals surface area contributed by atoms with Crippen molar-refractivity contribution in [2.24, 2.45) is 0 Å². The maximum absolute atomic E-state index is 6.20. The molecular formula is C18H21NO2. The molecule has 1 aliphatic rings. The molecule has 0 radical (unpaired) electrons. The molecule has 1 heterocycles. The predicted molar refractivity (Wildman–Crippen MR) is 86.0 cm³/mol. The number of nitrogen functional groups attached to an aromatic ring is 1. The second-order valence-electron chi connectivity index (χ2n) is 6.18. The van der Waals surface area contributed by atoms with Crippen molar-refractivity contribution in [3.05, 3.63) is 41.0 Å². The SMILES string of the molecule is COc1cc2c(cc1C)-c1cc(C)c(N)cc1C(C)(C)O2. The van der Waals surface area contributed by atoms with Crippen molar-refractivity contribution in [1.82, 2.24) is 0 Å². The topological polar surface area (TPSA) is 44.5 Å². The van der Waals surface area contributed by atoms with E-state index < -0.39 is 5.60 Å². The molecule has 0 bridgehead atoms. The Bertz CT molecular complexity index is 732. The van der Waals surface area contributed by atoms with Crippen LogP contribution in [0.4, 0.5) is 5.69 Å². The molecular weight excluding hydrogens is 262 g/mol. The lowest BCUT2D eigenvalue weighted by molar-refractivity contribution is 0.105. The number of hydrogen-bond acceptors (Lipinski definition) is 3. The van der Waals surface area contributed by atoms with Gasteiger partial charge in [0.25, 0.3) is 0 Å². The zero-order valence-corrected chi connectivity index (χ0v) is 13.2. The highest BCUT2D eigenvalue weighted by Crippen LogP contribution is 2.48. The van der Waals surface area contributed by atoms with E-state index in [2.05, 4.69) is 26.0 Å². The van der Waals surface area contributed by atoms with Crippen LogP contribution in [0.15, 0.2) is 24.3 Å². The van der Waals surface area contributed by atoms with Gasteiger partial charge >= 0.3 is 0 Å². The maximum Gasteiger partial charge on any atom is 0.132 e. The van der Waals surface area contributed by atoms with Crippen molar-refractivity contribution >= 4 is 5.69 Å². The highest BCUT2D eigenvalue weighted by Gasteiger charge is 2.33. The third-order valence-corrected chi connectivity index (χ3v) is 4.21. The van der Waals surface area contributed by atoms with E-state index in [4.69, 9.17) is 15.2 Å². The fraction of sp³-hybridized carbons (Fsp3) is 0.333. The minimum Gasteiger partial charge on any atom is -0.496 e. The molecule has 1 aliphatic heterocycles. The zero-order valence-electron chi connectivity index (χ0n) is 13.2. The molecule has 0 fully saturated rings. The molecule has 3 nitrogen and oxygen atoms in total. The molecule has 110 valence electrons. The van der Waals surface area contributed by atoms with Crippen LogP contribution in [0.25, 0.3) is 11.1 Å². The number of fused-ring (bicyclic) bond motifs is 3. The molecule has 0 aliphatic carbocycles. The van der Waals surface area contributed by atoms with Gasteiger partial charge in [-0.15, -0.1) is 0 Å². The molecule has 21 heavy (non-hydrogen) atoms. The van der Waals surface area contributed by atoms with Gasteiger partial charge in [-0.2, -0.15) is 0 Å². The predicted octanol–water partition coefficient (Wildman–Crippen LogP) is 4.19. The van der Waals surface area contributed by atoms with Gasteiger partial charge in [0.2, 0.25) is 0 Å². The first kappa shape index (κ1) is 13.8. The second kappa shape index (κ2) is 4.42. The number of ether oxygens (including phenoxy) is 2. The Morgan fingerprint density at radius 1 is 1.00 bits per heavy atom. The zero-order chi connectivity index (χ0) is 15.4. The van der Waals surface area contributed by atoms with Crippen LogP contribution in [0, 0.1) is 13.8 Å². The Labute approximate surface area is 125 Å². The molecule has 2 N–H and O–H groups in total. The van der Waals surface area contributed by atoms with Gasteiger partial charge in [-0.3, -0.25) is 0 Å². The molecule has 0 unspecified atom stereocenters. The molecule has 0 aromatic heterocycles. The first-order valence-electron chi connectivity index (χ1n) is 7.12. The van der Waals surface area contributed by atoms with E-state index >= 15 is 0 Å². The van der Waals surface area contributed by atoms with Gasteiger partial charge in [-0.05, 0) is 62.6 Å². The standard InChI is InChI=1S/C18H21NO2/c1-10-6-12-13-7-11(2)16(20-5)9-17(13)21-18(3,4)14(12)8-15(10)19/h6-9H,19H2,1-5H3. The third-order valence-electron chi connectivity index (χ3n) is 4.21. The van der Waals surface area contributed by atoms with E-state index in [-0.39, 0.29) is 0 Å². The Hall–Kier alpha value is -2.16. The van der Waals surface area contributed by atoms with E-state index in [0.29, 0.717) is 0 Å². The third kappa shape index (κ3) is 2.04. The maximum atomic E-state index is 6.20. The van der Waals surface area contributed by atoms with Gasteiger partial charge < -0.3 is 15.2 Å². The van der Waals surface area contributed by atoms with Crippen molar-refractivity contribution in [1.29, 1.82) is 0 Å². The number of hydrogen-bond donors (Lipinski definition) is 1. The number of nitrogens with two attached hydrogens (primary N) is 1. The smallest absolute Gasteiger partial charge is 0.132 e. The highest BCUT2D eigenvalue weighted by atomic mass is 16.5. The summed E-state index contributed by atoms with van der Waals surface area (Å²) < 4.78 is 11.6. The van der Waals surface area contributed by atoms with Crippen LogP contribution in [-0.2, 0) is 5.60 Å². The Morgan fingerprint density at radius 3 is 2.33 bits per heavy atom. The number of aryl methyl sites for hydroxylation is 2. The summed E-state index contributed by atoms with van der Waals surface area (Å²) in [5.74, 6) is 1.71. The normalized spacial score (nSPS) is 14.9. The lowest BCUT2D eigenvalue weighted by atomic mass is 9.84. The Kier molecular flexibility index (Phi) is 2.90. The van der Waals surface area contributed by atoms with Gasteiger partial charge in [-0.25, -0.2) is 0 Å². The quantitative estimate of drug-likeness (QED) is 0.798. The van der Waals surface area contributed by atoms with Crippen LogP contribution >= 0.6 is 0 Å². The highest BCUT2D eigenvalue weighted by molar-refractivity contribution is 5.80. The minimum atomic E-state index is -0.412. The van der Waals surface area contributed by atoms with Gasteiger partial charge in [0.15, 0.2) is 0 Å². The largest absolute Gasteiger partial charge is 0.496 e. The molecule has 0 spiro atoms. The van der Waals surface area contributed by atoms with Crippen LogP contribution in [0.1, 0.15) is 30.5 Å². The van der Waals surface area contributed by atoms with Crippen molar-refractivity contribution < 1.29 is 9.47 Å². The number of methoxy groups -OCH3 is 1. The first-order valence-corrected chi connectivity index (χ1v) is 7.12. The summed E-state index contributed by atoms with van der Waals surface area (Å²) >= 11 is 0. The van der Waals surface area contributed by atoms with Crippen LogP contribution in [0.5, 0.6) is 11.5 Å². The summed E-state index contributed by atoms with van der Waals surface area (Å²) in [6.07, 6.45) is 0. The lowest BCUT2D eigenvalue weighted by Crippen LogP contribution is -2.29. The Morgan fingerprint density at radius 2 is 1.67 bits per heavy atom. The second-order valence-corrected chi connectivity index (χ2v) is 6.18. The average molecular weight is 283 g/mol. The summed E-state index contributed by atoms with van der Waals surface area (Å²) in [7, 11) is 1.68.